The Morgan fingerprint density at radius 1 is 0.939 bits per heavy atom. The number of nitrogens with zero attached hydrogens (tertiary/aromatic N) is 6. The molecule has 3 aromatic carbocycles. The third kappa shape index (κ3) is 11.1. The molecule has 3 saturated heterocycles. The number of likely N-dealkylation sites (N-methyl/N-ethyl adjacent to an activating group) is 1. The summed E-state index contributed by atoms with van der Waals surface area (Å²) in [5, 5.41) is 0.660. The van der Waals surface area contributed by atoms with Crippen LogP contribution in [0.1, 0.15) is 62.4 Å². The molecular weight excluding hydrogens is 886 g/mol. The summed E-state index contributed by atoms with van der Waals surface area (Å²) in [5.41, 5.74) is 1.92. The lowest BCUT2D eigenvalue weighted by Gasteiger charge is -2.50. The van der Waals surface area contributed by atoms with Crippen molar-refractivity contribution < 1.29 is 37.8 Å². The Balaban J connectivity index is 1.24. The summed E-state index contributed by atoms with van der Waals surface area (Å²) in [4.78, 5) is 71.0. The number of carbonyl (C=O) groups is 4. The number of piperidine rings is 1. The molecule has 0 spiro atoms. The number of benzene rings is 3. The Labute approximate surface area is 397 Å². The lowest BCUT2D eigenvalue weighted by Crippen LogP contribution is -2.63. The van der Waals surface area contributed by atoms with E-state index in [4.69, 9.17) is 37.4 Å². The second-order valence-corrected chi connectivity index (χ2v) is 19.3. The second-order valence-electron chi connectivity index (χ2n) is 18.4. The summed E-state index contributed by atoms with van der Waals surface area (Å²) in [7, 11) is 9.14. The van der Waals surface area contributed by atoms with Gasteiger partial charge in [0.2, 0.25) is 17.7 Å². The molecule has 0 aliphatic carbocycles. The molecule has 3 aliphatic heterocycles. The molecule has 3 fully saturated rings. The Bertz CT molecular complexity index is 2370. The number of Topliss-reactive ketones (excluding diaryl/α,β-unsaturated/α-hetero) is 1. The van der Waals surface area contributed by atoms with E-state index in [0.29, 0.717) is 69.2 Å². The number of amides is 3. The lowest BCUT2D eigenvalue weighted by atomic mass is 9.78. The van der Waals surface area contributed by atoms with Crippen molar-refractivity contribution >= 4 is 46.7 Å². The minimum Gasteiger partial charge on any atom is -0.457 e. The van der Waals surface area contributed by atoms with Gasteiger partial charge >= 0.3 is 0 Å². The first-order valence-corrected chi connectivity index (χ1v) is 23.4. The molecule has 13 nitrogen and oxygen atoms in total. The number of rotatable bonds is 12. The van der Waals surface area contributed by atoms with Crippen LogP contribution >= 0.6 is 23.2 Å². The standard InChI is InChI=1S/C50H61Cl2FN6O7/c1-32-44(60)22-36(30-64-6)48(62)57(5)50(26-33-8-12-37(51)13-9-33)18-7-19-58(31-50)49(63)40(34-16-20-65-21-17-34)25-47(61)59(32)28-41-42(53)23-38(52)24-45(41)66-39-14-10-35(11-15-39)43-27-54-46(56(43)4)29-55(2)3/h8-15,23-24,27,32,34,36,40H,7,16-22,25-26,28-31H2,1-6H3/t32-,36-,40-,50+/m0/s1. The smallest absolute Gasteiger partial charge is 0.228 e. The van der Waals surface area contributed by atoms with Crippen LogP contribution in [0.2, 0.25) is 10.0 Å². The number of ether oxygens (including phenoxy) is 3. The molecule has 16 heteroatoms. The van der Waals surface area contributed by atoms with Crippen LogP contribution in [0.3, 0.4) is 0 Å². The van der Waals surface area contributed by atoms with E-state index >= 15 is 14.0 Å². The number of hydrogen-bond acceptors (Lipinski definition) is 9. The first-order valence-electron chi connectivity index (χ1n) is 22.7. The summed E-state index contributed by atoms with van der Waals surface area (Å²) in [6.45, 7) is 3.40. The average molecular weight is 948 g/mol. The molecule has 3 amide bonds. The summed E-state index contributed by atoms with van der Waals surface area (Å²) >= 11 is 12.7. The van der Waals surface area contributed by atoms with E-state index in [1.165, 1.54) is 18.1 Å². The maximum atomic E-state index is 16.4. The summed E-state index contributed by atoms with van der Waals surface area (Å²) in [6.07, 6.45) is 4.17. The monoisotopic (exact) mass is 946 g/mol. The Morgan fingerprint density at radius 2 is 1.65 bits per heavy atom. The zero-order valence-electron chi connectivity index (χ0n) is 38.7. The normalized spacial score (nSPS) is 22.9. The lowest BCUT2D eigenvalue weighted by molar-refractivity contribution is -0.155. The van der Waals surface area contributed by atoms with Crippen molar-refractivity contribution in [2.45, 2.75) is 76.5 Å². The fraction of sp³-hybridized carbons (Fsp3) is 0.500. The van der Waals surface area contributed by atoms with E-state index in [1.54, 1.807) is 31.0 Å². The van der Waals surface area contributed by atoms with Gasteiger partial charge in [-0.15, -0.1) is 0 Å². The van der Waals surface area contributed by atoms with E-state index in [1.807, 2.05) is 78.1 Å². The number of aromatic nitrogens is 2. The fourth-order valence-corrected chi connectivity index (χ4v) is 10.2. The van der Waals surface area contributed by atoms with E-state index in [-0.39, 0.29) is 66.6 Å². The predicted octanol–water partition coefficient (Wildman–Crippen LogP) is 7.83. The third-order valence-corrected chi connectivity index (χ3v) is 14.2. The summed E-state index contributed by atoms with van der Waals surface area (Å²) in [5.74, 6) is -2.64. The van der Waals surface area contributed by atoms with Crippen molar-refractivity contribution in [2.24, 2.45) is 24.8 Å². The molecule has 0 radical (unpaired) electrons. The highest BCUT2D eigenvalue weighted by Gasteiger charge is 2.47. The van der Waals surface area contributed by atoms with Gasteiger partial charge in [-0.05, 0) is 113 Å². The Hall–Kier alpha value is -4.86. The molecule has 2 bridgehead atoms. The predicted molar refractivity (Wildman–Crippen MR) is 251 cm³/mol. The van der Waals surface area contributed by atoms with Crippen molar-refractivity contribution in [3.8, 4) is 22.8 Å². The maximum Gasteiger partial charge on any atom is 0.228 e. The van der Waals surface area contributed by atoms with Crippen LogP contribution in [0.5, 0.6) is 11.5 Å². The molecular formula is C50H61Cl2FN6O7. The molecule has 66 heavy (non-hydrogen) atoms. The zero-order chi connectivity index (χ0) is 47.3. The van der Waals surface area contributed by atoms with Crippen molar-refractivity contribution in [1.29, 1.82) is 0 Å². The molecule has 0 saturated carbocycles. The molecule has 0 N–H and O–H groups in total. The first kappa shape index (κ1) is 49.1. The van der Waals surface area contributed by atoms with Crippen molar-refractivity contribution in [3.63, 3.8) is 0 Å². The van der Waals surface area contributed by atoms with Crippen LogP contribution in [0.25, 0.3) is 11.3 Å². The van der Waals surface area contributed by atoms with Gasteiger partial charge in [-0.3, -0.25) is 19.2 Å². The number of hydrogen-bond donors (Lipinski definition) is 0. The second kappa shape index (κ2) is 21.4. The van der Waals surface area contributed by atoms with Gasteiger partial charge in [0.05, 0.1) is 49.1 Å². The molecule has 4 aromatic rings. The molecule has 354 valence electrons. The number of fused-ring (bicyclic) bond motifs is 2. The topological polar surface area (TPSA) is 127 Å². The third-order valence-electron chi connectivity index (χ3n) is 13.7. The van der Waals surface area contributed by atoms with Crippen LogP contribution in [-0.2, 0) is 55.2 Å². The van der Waals surface area contributed by atoms with Crippen LogP contribution in [0.15, 0.2) is 66.9 Å². The van der Waals surface area contributed by atoms with Gasteiger partial charge in [0.1, 0.15) is 23.1 Å². The minimum absolute atomic E-state index is 0.00115. The number of imidazole rings is 1. The Kier molecular flexibility index (Phi) is 15.9. The average Bonchev–Trinajstić information content (AvgIpc) is 3.65. The van der Waals surface area contributed by atoms with E-state index < -0.39 is 40.9 Å². The minimum atomic E-state index is -1.13. The van der Waals surface area contributed by atoms with Gasteiger partial charge in [0, 0.05) is 87.4 Å². The van der Waals surface area contributed by atoms with Gasteiger partial charge in [-0.1, -0.05) is 35.3 Å². The zero-order valence-corrected chi connectivity index (χ0v) is 40.2. The van der Waals surface area contributed by atoms with Crippen LogP contribution < -0.4 is 4.74 Å². The molecule has 1 aromatic heterocycles. The number of carbonyl (C=O) groups excluding carboxylic acids is 4. The molecule has 0 unspecified atom stereocenters. The fourth-order valence-electron chi connectivity index (χ4n) is 9.85. The quantitative estimate of drug-likeness (QED) is 0.140. The number of halogens is 3. The highest BCUT2D eigenvalue weighted by Crippen LogP contribution is 2.38. The van der Waals surface area contributed by atoms with Crippen LogP contribution in [0.4, 0.5) is 4.39 Å². The largest absolute Gasteiger partial charge is 0.457 e. The molecule has 4 atom stereocenters. The van der Waals surface area contributed by atoms with Crippen molar-refractivity contribution in [1.82, 2.24) is 29.2 Å². The van der Waals surface area contributed by atoms with Gasteiger partial charge in [-0.25, -0.2) is 9.37 Å². The van der Waals surface area contributed by atoms with E-state index in [0.717, 1.165) is 28.7 Å². The number of ketones is 1. The number of methoxy groups -OCH3 is 1. The van der Waals surface area contributed by atoms with Gasteiger partial charge in [0.25, 0.3) is 0 Å². The molecule has 4 heterocycles. The highest BCUT2D eigenvalue weighted by molar-refractivity contribution is 6.31. The molecule has 3 aliphatic rings. The van der Waals surface area contributed by atoms with E-state index in [9.17, 15) is 9.59 Å². The summed E-state index contributed by atoms with van der Waals surface area (Å²) in [6, 6.07) is 16.2. The maximum absolute atomic E-state index is 16.4. The SMILES string of the molecule is COC[C@@H]1CC(=O)[C@H](C)N(Cc2c(F)cc(Cl)cc2Oc2ccc(-c3cnc(CN(C)C)n3C)cc2)C(=O)C[C@@H](C2CCOCC2)C(=O)N2CCC[C@@](Cc3ccc(Cl)cc3)(C2)N(C)C1=O. The van der Waals surface area contributed by atoms with Crippen LogP contribution in [0, 0.1) is 23.6 Å². The highest BCUT2D eigenvalue weighted by atomic mass is 35.5. The first-order chi connectivity index (χ1) is 31.6. The molecule has 7 rings (SSSR count). The van der Waals surface area contributed by atoms with Crippen molar-refractivity contribution in [2.75, 3.05) is 61.2 Å². The van der Waals surface area contributed by atoms with Gasteiger partial charge < -0.3 is 38.4 Å². The summed E-state index contributed by atoms with van der Waals surface area (Å²) < 4.78 is 36.0. The van der Waals surface area contributed by atoms with Gasteiger partial charge in [-0.2, -0.15) is 0 Å². The van der Waals surface area contributed by atoms with Crippen LogP contribution in [-0.4, -0.2) is 125 Å². The van der Waals surface area contributed by atoms with Gasteiger partial charge in [0.15, 0.2) is 5.78 Å². The Morgan fingerprint density at radius 3 is 2.33 bits per heavy atom. The van der Waals surface area contributed by atoms with Crippen molar-refractivity contribution in [3.05, 3.63) is 99.7 Å². The van der Waals surface area contributed by atoms with E-state index in [2.05, 4.69) is 4.98 Å².